The minimum Gasteiger partial charge on any atom is -0.497 e. The van der Waals surface area contributed by atoms with E-state index in [0.717, 1.165) is 11.3 Å². The number of carbonyl (C=O) groups excluding carboxylic acids is 1. The lowest BCUT2D eigenvalue weighted by Crippen LogP contribution is -2.19. The number of rotatable bonds is 4. The molecular weight excluding hydrogens is 226 g/mol. The number of hydrogen-bond acceptors (Lipinski definition) is 2. The van der Waals surface area contributed by atoms with Gasteiger partial charge in [-0.25, -0.2) is 0 Å². The van der Waals surface area contributed by atoms with Gasteiger partial charge in [0.05, 0.1) is 7.11 Å². The third-order valence-corrected chi connectivity index (χ3v) is 2.31. The van der Waals surface area contributed by atoms with Gasteiger partial charge in [-0.05, 0) is 23.8 Å². The van der Waals surface area contributed by atoms with Gasteiger partial charge in [-0.3, -0.25) is 4.79 Å². The van der Waals surface area contributed by atoms with Crippen LogP contribution in [0.25, 0.3) is 6.08 Å². The Morgan fingerprint density at radius 1 is 1.56 bits per heavy atom. The monoisotopic (exact) mass is 239 g/mol. The van der Waals surface area contributed by atoms with Gasteiger partial charge in [-0.2, -0.15) is 0 Å². The Bertz CT molecular complexity index is 402. The molecule has 1 rings (SSSR count). The summed E-state index contributed by atoms with van der Waals surface area (Å²) in [5.74, 6) is 0.699. The predicted molar refractivity (Wildman–Crippen MR) is 65.7 cm³/mol. The first-order valence-electron chi connectivity index (χ1n) is 4.88. The summed E-state index contributed by atoms with van der Waals surface area (Å²) in [7, 11) is 1.61. The molecule has 1 aromatic carbocycles. The number of benzene rings is 1. The number of methoxy groups -OCH3 is 1. The van der Waals surface area contributed by atoms with Crippen molar-refractivity contribution in [2.24, 2.45) is 0 Å². The van der Waals surface area contributed by atoms with Crippen molar-refractivity contribution in [3.8, 4) is 5.75 Å². The van der Waals surface area contributed by atoms with Crippen molar-refractivity contribution in [3.63, 3.8) is 0 Å². The highest BCUT2D eigenvalue weighted by molar-refractivity contribution is 6.32. The molecule has 0 aliphatic rings. The van der Waals surface area contributed by atoms with Crippen LogP contribution in [0.15, 0.2) is 24.3 Å². The molecule has 16 heavy (non-hydrogen) atoms. The van der Waals surface area contributed by atoms with Crippen LogP contribution in [0.1, 0.15) is 12.5 Å². The molecule has 0 unspecified atom stereocenters. The van der Waals surface area contributed by atoms with Crippen molar-refractivity contribution in [1.29, 1.82) is 0 Å². The molecule has 86 valence electrons. The fourth-order valence-corrected chi connectivity index (χ4v) is 1.35. The molecule has 0 fully saturated rings. The third kappa shape index (κ3) is 3.95. The smallest absolute Gasteiger partial charge is 0.217 e. The first kappa shape index (κ1) is 12.6. The van der Waals surface area contributed by atoms with E-state index in [-0.39, 0.29) is 5.91 Å². The summed E-state index contributed by atoms with van der Waals surface area (Å²) in [6, 6.07) is 5.42. The average molecular weight is 240 g/mol. The molecule has 0 aromatic heterocycles. The molecule has 1 aromatic rings. The molecule has 0 aliphatic heterocycles. The molecule has 0 bridgehead atoms. The number of carbonyl (C=O) groups is 1. The van der Waals surface area contributed by atoms with Crippen molar-refractivity contribution < 1.29 is 9.53 Å². The van der Waals surface area contributed by atoms with E-state index in [1.165, 1.54) is 6.92 Å². The highest BCUT2D eigenvalue weighted by Gasteiger charge is 1.98. The number of amides is 1. The number of halogens is 1. The van der Waals surface area contributed by atoms with E-state index in [1.54, 1.807) is 19.2 Å². The molecule has 0 saturated heterocycles. The Kier molecular flexibility index (Phi) is 4.86. The molecule has 0 heterocycles. The zero-order valence-electron chi connectivity index (χ0n) is 9.29. The van der Waals surface area contributed by atoms with Gasteiger partial charge in [-0.15, -0.1) is 0 Å². The minimum absolute atomic E-state index is 0.0543. The molecule has 0 aliphatic carbocycles. The Hall–Kier alpha value is -1.48. The SMILES string of the molecule is COc1ccc(Cl)c(C=CCNC(C)=O)c1. The lowest BCUT2D eigenvalue weighted by atomic mass is 10.2. The predicted octanol–water partition coefficient (Wildman–Crippen LogP) is 2.50. The van der Waals surface area contributed by atoms with Crippen molar-refractivity contribution >= 4 is 23.6 Å². The Balaban J connectivity index is 2.68. The first-order valence-corrected chi connectivity index (χ1v) is 5.26. The zero-order valence-corrected chi connectivity index (χ0v) is 10.0. The summed E-state index contributed by atoms with van der Waals surface area (Å²) in [5, 5.41) is 3.32. The second kappa shape index (κ2) is 6.18. The lowest BCUT2D eigenvalue weighted by Gasteiger charge is -2.03. The summed E-state index contributed by atoms with van der Waals surface area (Å²) in [6.45, 7) is 1.97. The van der Waals surface area contributed by atoms with Gasteiger partial charge < -0.3 is 10.1 Å². The van der Waals surface area contributed by atoms with Gasteiger partial charge in [0.2, 0.25) is 5.91 Å². The average Bonchev–Trinajstić information content (AvgIpc) is 2.26. The largest absolute Gasteiger partial charge is 0.497 e. The van der Waals surface area contributed by atoms with Gasteiger partial charge in [0, 0.05) is 18.5 Å². The summed E-state index contributed by atoms with van der Waals surface area (Å²) in [6.07, 6.45) is 3.68. The van der Waals surface area contributed by atoms with E-state index < -0.39 is 0 Å². The normalized spacial score (nSPS) is 10.4. The zero-order chi connectivity index (χ0) is 12.0. The maximum absolute atomic E-state index is 10.6. The number of nitrogens with one attached hydrogen (secondary N) is 1. The first-order chi connectivity index (χ1) is 7.63. The summed E-state index contributed by atoms with van der Waals surface area (Å²) in [4.78, 5) is 10.6. The van der Waals surface area contributed by atoms with Crippen LogP contribution in [0.2, 0.25) is 5.02 Å². The maximum Gasteiger partial charge on any atom is 0.217 e. The lowest BCUT2D eigenvalue weighted by molar-refractivity contribution is -0.118. The molecular formula is C12H14ClNO2. The molecule has 0 saturated carbocycles. The van der Waals surface area contributed by atoms with Gasteiger partial charge >= 0.3 is 0 Å². The van der Waals surface area contributed by atoms with Crippen molar-refractivity contribution in [2.45, 2.75) is 6.92 Å². The van der Waals surface area contributed by atoms with Crippen LogP contribution in [0.5, 0.6) is 5.75 Å². The molecule has 0 atom stereocenters. The van der Waals surface area contributed by atoms with Crippen LogP contribution in [0.4, 0.5) is 0 Å². The van der Waals surface area contributed by atoms with E-state index in [0.29, 0.717) is 11.6 Å². The summed E-state index contributed by atoms with van der Waals surface area (Å²) >= 11 is 6.00. The molecule has 3 nitrogen and oxygen atoms in total. The van der Waals surface area contributed by atoms with Crippen LogP contribution < -0.4 is 10.1 Å². The van der Waals surface area contributed by atoms with Crippen molar-refractivity contribution in [2.75, 3.05) is 13.7 Å². The highest BCUT2D eigenvalue weighted by atomic mass is 35.5. The summed E-state index contributed by atoms with van der Waals surface area (Å²) < 4.78 is 5.09. The van der Waals surface area contributed by atoms with E-state index in [1.807, 2.05) is 18.2 Å². The third-order valence-electron chi connectivity index (χ3n) is 1.97. The molecule has 1 amide bonds. The van der Waals surface area contributed by atoms with Gasteiger partial charge in [0.25, 0.3) is 0 Å². The highest BCUT2D eigenvalue weighted by Crippen LogP contribution is 2.22. The van der Waals surface area contributed by atoms with E-state index in [9.17, 15) is 4.79 Å². The van der Waals surface area contributed by atoms with Crippen LogP contribution in [-0.4, -0.2) is 19.6 Å². The maximum atomic E-state index is 10.6. The van der Waals surface area contributed by atoms with E-state index in [2.05, 4.69) is 5.32 Å². The second-order valence-corrected chi connectivity index (χ2v) is 3.63. The molecule has 4 heteroatoms. The number of ether oxygens (including phenoxy) is 1. The molecule has 0 spiro atoms. The van der Waals surface area contributed by atoms with E-state index in [4.69, 9.17) is 16.3 Å². The summed E-state index contributed by atoms with van der Waals surface area (Å²) in [5.41, 5.74) is 0.867. The van der Waals surface area contributed by atoms with Crippen LogP contribution in [0, 0.1) is 0 Å². The second-order valence-electron chi connectivity index (χ2n) is 3.23. The van der Waals surface area contributed by atoms with Crippen LogP contribution >= 0.6 is 11.6 Å². The fourth-order valence-electron chi connectivity index (χ4n) is 1.17. The van der Waals surface area contributed by atoms with Crippen LogP contribution in [-0.2, 0) is 4.79 Å². The van der Waals surface area contributed by atoms with E-state index >= 15 is 0 Å². The van der Waals surface area contributed by atoms with Crippen LogP contribution in [0.3, 0.4) is 0 Å². The standard InChI is InChI=1S/C12H14ClNO2/c1-9(15)14-7-3-4-10-8-11(16-2)5-6-12(10)13/h3-6,8H,7H2,1-2H3,(H,14,15). The Morgan fingerprint density at radius 3 is 2.94 bits per heavy atom. The Labute approximate surface area is 100 Å². The molecule has 0 radical (unpaired) electrons. The fraction of sp³-hybridized carbons (Fsp3) is 0.250. The Morgan fingerprint density at radius 2 is 2.31 bits per heavy atom. The van der Waals surface area contributed by atoms with Gasteiger partial charge in [-0.1, -0.05) is 23.8 Å². The topological polar surface area (TPSA) is 38.3 Å². The quantitative estimate of drug-likeness (QED) is 0.877. The molecule has 1 N–H and O–H groups in total. The number of hydrogen-bond donors (Lipinski definition) is 1. The van der Waals surface area contributed by atoms with Gasteiger partial charge in [0.15, 0.2) is 0 Å². The van der Waals surface area contributed by atoms with Crippen molar-refractivity contribution in [3.05, 3.63) is 34.9 Å². The minimum atomic E-state index is -0.0543. The van der Waals surface area contributed by atoms with Crippen molar-refractivity contribution in [1.82, 2.24) is 5.32 Å². The van der Waals surface area contributed by atoms with Gasteiger partial charge in [0.1, 0.15) is 5.75 Å².